The first-order valence-electron chi connectivity index (χ1n) is 7.65. The Bertz CT molecular complexity index is 451. The molecule has 4 heteroatoms. The first kappa shape index (κ1) is 14.8. The van der Waals surface area contributed by atoms with Gasteiger partial charge in [0.05, 0.1) is 0 Å². The van der Waals surface area contributed by atoms with Crippen LogP contribution in [0.15, 0.2) is 12.1 Å². The van der Waals surface area contributed by atoms with Crippen LogP contribution in [0.1, 0.15) is 55.6 Å². The first-order chi connectivity index (χ1) is 9.65. The average molecular weight is 275 g/mol. The van der Waals surface area contributed by atoms with Crippen LogP contribution in [0.2, 0.25) is 0 Å². The highest BCUT2D eigenvalue weighted by Gasteiger charge is 2.23. The summed E-state index contributed by atoms with van der Waals surface area (Å²) in [6.45, 7) is 5.09. The van der Waals surface area contributed by atoms with Crippen molar-refractivity contribution in [3.63, 3.8) is 0 Å². The van der Waals surface area contributed by atoms with Gasteiger partial charge in [-0.2, -0.15) is 0 Å². The van der Waals surface area contributed by atoms with Crippen LogP contribution in [0.5, 0.6) is 0 Å². The maximum Gasteiger partial charge on any atom is 0.254 e. The lowest BCUT2D eigenvalue weighted by Crippen LogP contribution is -2.38. The molecule has 1 aromatic heterocycles. The molecule has 1 amide bonds. The number of anilines is 1. The Morgan fingerprint density at radius 2 is 2.20 bits per heavy atom. The van der Waals surface area contributed by atoms with Gasteiger partial charge in [0.1, 0.15) is 5.82 Å². The molecular formula is C16H25N3O. The fourth-order valence-corrected chi connectivity index (χ4v) is 2.76. The second kappa shape index (κ2) is 6.73. The van der Waals surface area contributed by atoms with E-state index < -0.39 is 0 Å². The molecule has 1 saturated heterocycles. The molecule has 20 heavy (non-hydrogen) atoms. The maximum absolute atomic E-state index is 12.8. The summed E-state index contributed by atoms with van der Waals surface area (Å²) in [5.41, 5.74) is 1.72. The molecule has 4 nitrogen and oxygen atoms in total. The molecule has 2 heterocycles. The van der Waals surface area contributed by atoms with Crippen molar-refractivity contribution in [1.82, 2.24) is 9.88 Å². The van der Waals surface area contributed by atoms with Crippen molar-refractivity contribution >= 4 is 11.7 Å². The molecule has 1 atom stereocenters. The molecule has 2 rings (SSSR count). The normalized spacial score (nSPS) is 19.6. The third-order valence-corrected chi connectivity index (χ3v) is 4.06. The standard InChI is InChI=1S/C16H25N3O/c1-4-14-10-13(11-15(17-3)18-14)16(20)19-9-7-5-6-8-12(19)2/h10-12H,4-9H2,1-3H3,(H,17,18). The van der Waals surface area contributed by atoms with E-state index in [1.54, 1.807) is 0 Å². The fourth-order valence-electron chi connectivity index (χ4n) is 2.76. The van der Waals surface area contributed by atoms with Crippen molar-refractivity contribution in [2.24, 2.45) is 0 Å². The monoisotopic (exact) mass is 275 g/mol. The average Bonchev–Trinajstić information content (AvgIpc) is 2.70. The smallest absolute Gasteiger partial charge is 0.254 e. The van der Waals surface area contributed by atoms with Crippen molar-refractivity contribution < 1.29 is 4.79 Å². The highest BCUT2D eigenvalue weighted by atomic mass is 16.2. The van der Waals surface area contributed by atoms with E-state index in [-0.39, 0.29) is 5.91 Å². The molecule has 0 spiro atoms. The lowest BCUT2D eigenvalue weighted by molar-refractivity contribution is 0.0697. The van der Waals surface area contributed by atoms with Crippen LogP contribution < -0.4 is 5.32 Å². The Morgan fingerprint density at radius 1 is 1.40 bits per heavy atom. The van der Waals surface area contributed by atoms with Gasteiger partial charge >= 0.3 is 0 Å². The van der Waals surface area contributed by atoms with Gasteiger partial charge in [-0.05, 0) is 38.3 Å². The highest BCUT2D eigenvalue weighted by Crippen LogP contribution is 2.20. The second-order valence-electron chi connectivity index (χ2n) is 5.53. The van der Waals surface area contributed by atoms with Crippen LogP contribution in [0.4, 0.5) is 5.82 Å². The Labute approximate surface area is 121 Å². The zero-order valence-electron chi connectivity index (χ0n) is 12.8. The van der Waals surface area contributed by atoms with Gasteiger partial charge in [-0.15, -0.1) is 0 Å². The molecule has 0 aliphatic carbocycles. The van der Waals surface area contributed by atoms with Gasteiger partial charge in [0, 0.05) is 30.9 Å². The van der Waals surface area contributed by atoms with Crippen molar-refractivity contribution in [2.75, 3.05) is 18.9 Å². The number of pyridine rings is 1. The van der Waals surface area contributed by atoms with Gasteiger partial charge in [-0.1, -0.05) is 19.8 Å². The number of amides is 1. The number of aryl methyl sites for hydroxylation is 1. The number of carbonyl (C=O) groups excluding carboxylic acids is 1. The van der Waals surface area contributed by atoms with E-state index in [1.165, 1.54) is 12.8 Å². The van der Waals surface area contributed by atoms with Crippen LogP contribution in [0.25, 0.3) is 0 Å². The molecule has 1 aromatic rings. The molecule has 1 aliphatic rings. The van der Waals surface area contributed by atoms with Gasteiger partial charge in [0.25, 0.3) is 5.91 Å². The van der Waals surface area contributed by atoms with E-state index in [0.717, 1.165) is 42.9 Å². The van der Waals surface area contributed by atoms with Crippen molar-refractivity contribution in [3.8, 4) is 0 Å². The Morgan fingerprint density at radius 3 is 2.90 bits per heavy atom. The van der Waals surface area contributed by atoms with Gasteiger partial charge in [-0.25, -0.2) is 4.98 Å². The minimum Gasteiger partial charge on any atom is -0.373 e. The maximum atomic E-state index is 12.8. The number of carbonyl (C=O) groups is 1. The molecule has 1 fully saturated rings. The first-order valence-corrected chi connectivity index (χ1v) is 7.65. The summed E-state index contributed by atoms with van der Waals surface area (Å²) in [5.74, 6) is 0.920. The SMILES string of the molecule is CCc1cc(C(=O)N2CCCCCC2C)cc(NC)n1. The number of aromatic nitrogens is 1. The molecule has 0 radical (unpaired) electrons. The summed E-state index contributed by atoms with van der Waals surface area (Å²) < 4.78 is 0. The summed E-state index contributed by atoms with van der Waals surface area (Å²) in [4.78, 5) is 19.3. The lowest BCUT2D eigenvalue weighted by atomic mass is 10.1. The van der Waals surface area contributed by atoms with Crippen LogP contribution in [-0.2, 0) is 6.42 Å². The number of rotatable bonds is 3. The van der Waals surface area contributed by atoms with Gasteiger partial charge in [0.15, 0.2) is 0 Å². The number of likely N-dealkylation sites (tertiary alicyclic amines) is 1. The fraction of sp³-hybridized carbons (Fsp3) is 0.625. The highest BCUT2D eigenvalue weighted by molar-refractivity contribution is 5.95. The summed E-state index contributed by atoms with van der Waals surface area (Å²) in [5, 5.41) is 3.04. The van der Waals surface area contributed by atoms with Crippen molar-refractivity contribution in [2.45, 2.75) is 52.0 Å². The van der Waals surface area contributed by atoms with E-state index in [9.17, 15) is 4.79 Å². The van der Waals surface area contributed by atoms with Crippen molar-refractivity contribution in [3.05, 3.63) is 23.4 Å². The number of nitrogens with zero attached hydrogens (tertiary/aromatic N) is 2. The van der Waals surface area contributed by atoms with Crippen LogP contribution in [-0.4, -0.2) is 35.4 Å². The van der Waals surface area contributed by atoms with E-state index in [0.29, 0.717) is 6.04 Å². The minimum absolute atomic E-state index is 0.146. The summed E-state index contributed by atoms with van der Waals surface area (Å²) in [6.07, 6.45) is 5.51. The van der Waals surface area contributed by atoms with Crippen molar-refractivity contribution in [1.29, 1.82) is 0 Å². The quantitative estimate of drug-likeness (QED) is 0.922. The molecule has 0 aromatic carbocycles. The largest absolute Gasteiger partial charge is 0.373 e. The molecule has 0 bridgehead atoms. The minimum atomic E-state index is 0.146. The Kier molecular flexibility index (Phi) is 4.99. The Hall–Kier alpha value is -1.58. The van der Waals surface area contributed by atoms with Crippen LogP contribution >= 0.6 is 0 Å². The van der Waals surface area contributed by atoms with E-state index in [1.807, 2.05) is 24.1 Å². The zero-order chi connectivity index (χ0) is 14.5. The topological polar surface area (TPSA) is 45.2 Å². The summed E-state index contributed by atoms with van der Waals surface area (Å²) >= 11 is 0. The van der Waals surface area contributed by atoms with Crippen LogP contribution in [0.3, 0.4) is 0 Å². The Balaban J connectivity index is 2.26. The molecular weight excluding hydrogens is 250 g/mol. The number of hydrogen-bond donors (Lipinski definition) is 1. The van der Waals surface area contributed by atoms with Crippen LogP contribution in [0, 0.1) is 0 Å². The molecule has 0 saturated carbocycles. The van der Waals surface area contributed by atoms with E-state index >= 15 is 0 Å². The molecule has 110 valence electrons. The third kappa shape index (κ3) is 3.30. The molecule has 1 aliphatic heterocycles. The van der Waals surface area contributed by atoms with Gasteiger partial charge in [0.2, 0.25) is 0 Å². The predicted octanol–water partition coefficient (Wildman–Crippen LogP) is 3.09. The molecule has 1 N–H and O–H groups in total. The zero-order valence-corrected chi connectivity index (χ0v) is 12.8. The van der Waals surface area contributed by atoms with E-state index in [2.05, 4.69) is 24.1 Å². The number of nitrogens with one attached hydrogen (secondary N) is 1. The molecule has 1 unspecified atom stereocenters. The lowest BCUT2D eigenvalue weighted by Gasteiger charge is -2.27. The second-order valence-corrected chi connectivity index (χ2v) is 5.53. The van der Waals surface area contributed by atoms with Gasteiger partial charge < -0.3 is 10.2 Å². The predicted molar refractivity (Wildman–Crippen MR) is 82.1 cm³/mol. The third-order valence-electron chi connectivity index (χ3n) is 4.06. The van der Waals surface area contributed by atoms with Gasteiger partial charge in [-0.3, -0.25) is 4.79 Å². The number of hydrogen-bond acceptors (Lipinski definition) is 3. The summed E-state index contributed by atoms with van der Waals surface area (Å²) in [7, 11) is 1.84. The van der Waals surface area contributed by atoms with E-state index in [4.69, 9.17) is 0 Å². The summed E-state index contributed by atoms with van der Waals surface area (Å²) in [6, 6.07) is 4.13.